The molecule has 130 valence electrons. The summed E-state index contributed by atoms with van der Waals surface area (Å²) in [6, 6.07) is 7.88. The van der Waals surface area contributed by atoms with E-state index in [1.54, 1.807) is 14.2 Å². The van der Waals surface area contributed by atoms with Gasteiger partial charge in [-0.1, -0.05) is 12.1 Å². The Bertz CT molecular complexity index is 617. The third kappa shape index (κ3) is 6.54. The van der Waals surface area contributed by atoms with Gasteiger partial charge in [-0.05, 0) is 30.5 Å². The van der Waals surface area contributed by atoms with Crippen LogP contribution in [0.2, 0.25) is 0 Å². The number of nitrogens with zero attached hydrogens (tertiary/aromatic N) is 1. The Labute approximate surface area is 155 Å². The van der Waals surface area contributed by atoms with E-state index in [-0.39, 0.29) is 41.5 Å². The minimum absolute atomic E-state index is 0. The molecule has 0 radical (unpaired) electrons. The molecule has 1 fully saturated rings. The topological polar surface area (TPSA) is 79.8 Å². The molecule has 1 saturated heterocycles. The number of halogens is 1. The van der Waals surface area contributed by atoms with Crippen LogP contribution in [0.15, 0.2) is 29.3 Å². The molecule has 2 rings (SSSR count). The van der Waals surface area contributed by atoms with Gasteiger partial charge in [0.15, 0.2) is 15.8 Å². The second-order valence-corrected chi connectivity index (χ2v) is 7.57. The molecule has 0 bridgehead atoms. The predicted octanol–water partition coefficient (Wildman–Crippen LogP) is 1.21. The van der Waals surface area contributed by atoms with Crippen molar-refractivity contribution >= 4 is 39.8 Å². The maximum atomic E-state index is 11.5. The van der Waals surface area contributed by atoms with Gasteiger partial charge in [-0.3, -0.25) is 4.99 Å². The number of nitrogens with one attached hydrogen (secondary N) is 2. The molecular weight excluding hydrogens is 429 g/mol. The number of methoxy groups -OCH3 is 1. The lowest BCUT2D eigenvalue weighted by atomic mass is 10.1. The summed E-state index contributed by atoms with van der Waals surface area (Å²) in [6.07, 6.45) is 1.50. The average Bonchev–Trinajstić information content (AvgIpc) is 2.85. The van der Waals surface area contributed by atoms with Crippen molar-refractivity contribution in [3.63, 3.8) is 0 Å². The zero-order valence-electron chi connectivity index (χ0n) is 13.4. The number of aliphatic imine (C=N–C) groups is 1. The molecule has 1 atom stereocenters. The summed E-state index contributed by atoms with van der Waals surface area (Å²) in [7, 11) is 0.458. The van der Waals surface area contributed by atoms with Gasteiger partial charge in [0, 0.05) is 19.6 Å². The van der Waals surface area contributed by atoms with Gasteiger partial charge in [-0.25, -0.2) is 8.42 Å². The van der Waals surface area contributed by atoms with Crippen LogP contribution in [0.5, 0.6) is 5.75 Å². The van der Waals surface area contributed by atoms with E-state index >= 15 is 0 Å². The monoisotopic (exact) mass is 453 g/mol. The fraction of sp³-hybridized carbons (Fsp3) is 0.533. The Hall–Kier alpha value is -1.03. The molecule has 1 unspecified atom stereocenters. The maximum Gasteiger partial charge on any atom is 0.191 e. The first kappa shape index (κ1) is 20.0. The van der Waals surface area contributed by atoms with Gasteiger partial charge in [-0.15, -0.1) is 24.0 Å². The van der Waals surface area contributed by atoms with Crippen LogP contribution in [-0.4, -0.2) is 52.6 Å². The van der Waals surface area contributed by atoms with Crippen LogP contribution >= 0.6 is 24.0 Å². The van der Waals surface area contributed by atoms with Gasteiger partial charge in [0.2, 0.25) is 0 Å². The van der Waals surface area contributed by atoms with Crippen molar-refractivity contribution in [2.45, 2.75) is 18.9 Å². The Kier molecular flexibility index (Phi) is 8.10. The van der Waals surface area contributed by atoms with Crippen LogP contribution in [0.1, 0.15) is 12.0 Å². The summed E-state index contributed by atoms with van der Waals surface area (Å²) in [5.41, 5.74) is 1.20. The Morgan fingerprint density at radius 2 is 2.04 bits per heavy atom. The van der Waals surface area contributed by atoms with Crippen LogP contribution < -0.4 is 15.4 Å². The summed E-state index contributed by atoms with van der Waals surface area (Å²) in [4.78, 5) is 4.14. The second-order valence-electron chi connectivity index (χ2n) is 5.34. The van der Waals surface area contributed by atoms with E-state index < -0.39 is 9.84 Å². The number of ether oxygens (including phenoxy) is 1. The van der Waals surface area contributed by atoms with Gasteiger partial charge in [-0.2, -0.15) is 0 Å². The molecule has 0 aromatic heterocycles. The van der Waals surface area contributed by atoms with E-state index in [0.29, 0.717) is 12.4 Å². The van der Waals surface area contributed by atoms with E-state index in [0.717, 1.165) is 18.7 Å². The average molecular weight is 453 g/mol. The molecule has 8 heteroatoms. The lowest BCUT2D eigenvalue weighted by Crippen LogP contribution is -2.44. The van der Waals surface area contributed by atoms with Crippen LogP contribution in [0, 0.1) is 0 Å². The maximum absolute atomic E-state index is 11.5. The summed E-state index contributed by atoms with van der Waals surface area (Å²) in [5.74, 6) is 1.94. The highest BCUT2D eigenvalue weighted by Crippen LogP contribution is 2.12. The second kappa shape index (κ2) is 9.31. The fourth-order valence-corrected chi connectivity index (χ4v) is 4.09. The van der Waals surface area contributed by atoms with Crippen molar-refractivity contribution in [3.8, 4) is 5.75 Å². The first-order chi connectivity index (χ1) is 10.5. The SMILES string of the molecule is CN=C(NCCc1ccc(OC)cc1)NC1CCS(=O)(=O)C1.I. The minimum atomic E-state index is -2.88. The highest BCUT2D eigenvalue weighted by molar-refractivity contribution is 14.0. The van der Waals surface area contributed by atoms with E-state index in [1.807, 2.05) is 24.3 Å². The summed E-state index contributed by atoms with van der Waals surface area (Å²) in [6.45, 7) is 0.728. The molecular formula is C15H24IN3O3S. The normalized spacial score (nSPS) is 19.7. The van der Waals surface area contributed by atoms with E-state index in [4.69, 9.17) is 4.74 Å². The van der Waals surface area contributed by atoms with Crippen molar-refractivity contribution in [2.75, 3.05) is 32.2 Å². The van der Waals surface area contributed by atoms with Crippen molar-refractivity contribution in [1.29, 1.82) is 0 Å². The number of rotatable bonds is 5. The standard InChI is InChI=1S/C15H23N3O3S.HI/c1-16-15(18-13-8-10-22(19,20)11-13)17-9-7-12-3-5-14(21-2)6-4-12;/h3-6,13H,7-11H2,1-2H3,(H2,16,17,18);1H. The number of benzene rings is 1. The van der Waals surface area contributed by atoms with Crippen molar-refractivity contribution < 1.29 is 13.2 Å². The molecule has 6 nitrogen and oxygen atoms in total. The van der Waals surface area contributed by atoms with Gasteiger partial charge in [0.1, 0.15) is 5.75 Å². The summed E-state index contributed by atoms with van der Waals surface area (Å²) in [5, 5.41) is 6.38. The third-order valence-electron chi connectivity index (χ3n) is 3.66. The predicted molar refractivity (Wildman–Crippen MR) is 104 cm³/mol. The van der Waals surface area contributed by atoms with Gasteiger partial charge in [0.25, 0.3) is 0 Å². The van der Waals surface area contributed by atoms with Crippen molar-refractivity contribution in [2.24, 2.45) is 4.99 Å². The number of hydrogen-bond donors (Lipinski definition) is 2. The van der Waals surface area contributed by atoms with Gasteiger partial charge >= 0.3 is 0 Å². The molecule has 0 saturated carbocycles. The molecule has 23 heavy (non-hydrogen) atoms. The molecule has 0 aliphatic carbocycles. The largest absolute Gasteiger partial charge is 0.497 e. The van der Waals surface area contributed by atoms with Crippen LogP contribution in [0.25, 0.3) is 0 Å². The van der Waals surface area contributed by atoms with Gasteiger partial charge in [0.05, 0.1) is 18.6 Å². The highest BCUT2D eigenvalue weighted by atomic mass is 127. The molecule has 1 aliphatic heterocycles. The lowest BCUT2D eigenvalue weighted by Gasteiger charge is -2.16. The minimum Gasteiger partial charge on any atom is -0.497 e. The summed E-state index contributed by atoms with van der Waals surface area (Å²) < 4.78 is 28.0. The van der Waals surface area contributed by atoms with Gasteiger partial charge < -0.3 is 15.4 Å². The molecule has 1 heterocycles. The molecule has 1 aliphatic rings. The first-order valence-corrected chi connectivity index (χ1v) is 9.15. The molecule has 1 aromatic carbocycles. The number of hydrogen-bond acceptors (Lipinski definition) is 4. The third-order valence-corrected chi connectivity index (χ3v) is 5.43. The molecule has 1 aromatic rings. The van der Waals surface area contributed by atoms with Crippen molar-refractivity contribution in [1.82, 2.24) is 10.6 Å². The smallest absolute Gasteiger partial charge is 0.191 e. The molecule has 0 spiro atoms. The zero-order valence-corrected chi connectivity index (χ0v) is 16.6. The Morgan fingerprint density at radius 3 is 2.57 bits per heavy atom. The van der Waals surface area contributed by atoms with Crippen LogP contribution in [0.4, 0.5) is 0 Å². The molecule has 0 amide bonds. The van der Waals surface area contributed by atoms with Crippen LogP contribution in [-0.2, 0) is 16.3 Å². The number of guanidine groups is 1. The van der Waals surface area contributed by atoms with Crippen molar-refractivity contribution in [3.05, 3.63) is 29.8 Å². The summed E-state index contributed by atoms with van der Waals surface area (Å²) >= 11 is 0. The lowest BCUT2D eigenvalue weighted by molar-refractivity contribution is 0.414. The van der Waals surface area contributed by atoms with E-state index in [1.165, 1.54) is 5.56 Å². The first-order valence-electron chi connectivity index (χ1n) is 7.33. The fourth-order valence-electron chi connectivity index (χ4n) is 2.41. The quantitative estimate of drug-likeness (QED) is 0.398. The van der Waals surface area contributed by atoms with E-state index in [2.05, 4.69) is 15.6 Å². The molecule has 2 N–H and O–H groups in total. The Balaban J connectivity index is 0.00000264. The Morgan fingerprint density at radius 1 is 1.35 bits per heavy atom. The number of sulfone groups is 1. The zero-order chi connectivity index (χ0) is 16.0. The van der Waals surface area contributed by atoms with Crippen LogP contribution in [0.3, 0.4) is 0 Å². The van der Waals surface area contributed by atoms with E-state index in [9.17, 15) is 8.42 Å². The highest BCUT2D eigenvalue weighted by Gasteiger charge is 2.28.